The van der Waals surface area contributed by atoms with Crippen molar-refractivity contribution in [2.75, 3.05) is 13.2 Å². The van der Waals surface area contributed by atoms with E-state index in [1.165, 1.54) is 36.4 Å². The smallest absolute Gasteiger partial charge is 0.307 e. The lowest BCUT2D eigenvalue weighted by Gasteiger charge is -2.42. The van der Waals surface area contributed by atoms with E-state index >= 15 is 0 Å². The highest BCUT2D eigenvalue weighted by Gasteiger charge is 2.61. The van der Waals surface area contributed by atoms with Crippen LogP contribution in [0.4, 0.5) is 0 Å². The minimum Gasteiger partial charge on any atom is -0.307 e. The Morgan fingerprint density at radius 3 is 1.97 bits per heavy atom. The van der Waals surface area contributed by atoms with Gasteiger partial charge in [-0.3, -0.25) is 9.36 Å². The first-order valence-electron chi connectivity index (χ1n) is 12.4. The molecule has 0 saturated carbocycles. The fraction of sp³-hybridized carbons (Fsp3) is 0.423. The molecule has 0 radical (unpaired) electrons. The second-order valence-electron chi connectivity index (χ2n) is 8.85. The monoisotopic (exact) mass is 621 g/mol. The van der Waals surface area contributed by atoms with Gasteiger partial charge in [-0.2, -0.15) is 4.72 Å². The molecule has 1 unspecified atom stereocenters. The highest BCUT2D eigenvalue weighted by Crippen LogP contribution is 2.70. The van der Waals surface area contributed by atoms with E-state index in [-0.39, 0.29) is 29.2 Å². The molecular formula is C26H31Cl3NO6PS. The van der Waals surface area contributed by atoms with E-state index in [2.05, 4.69) is 4.72 Å². The summed E-state index contributed by atoms with van der Waals surface area (Å²) in [6.45, 7) is 4.04. The number of Topliss-reactive ketones (excluding diaryl/α,β-unsaturated/α-hetero) is 1. The van der Waals surface area contributed by atoms with Crippen LogP contribution in [0.3, 0.4) is 0 Å². The van der Waals surface area contributed by atoms with Crippen molar-refractivity contribution in [3.63, 3.8) is 0 Å². The summed E-state index contributed by atoms with van der Waals surface area (Å²) in [7, 11) is -8.96. The minimum atomic E-state index is -4.53. The molecule has 38 heavy (non-hydrogen) atoms. The van der Waals surface area contributed by atoms with Gasteiger partial charge in [0.1, 0.15) is 5.03 Å². The van der Waals surface area contributed by atoms with E-state index in [4.69, 9.17) is 43.9 Å². The molecule has 2 aromatic carbocycles. The van der Waals surface area contributed by atoms with Crippen LogP contribution in [-0.4, -0.2) is 27.4 Å². The maximum atomic E-state index is 14.9. The molecule has 2 aromatic rings. The molecule has 7 nitrogen and oxygen atoms in total. The predicted octanol–water partition coefficient (Wildman–Crippen LogP) is 7.96. The number of ketones is 1. The zero-order chi connectivity index (χ0) is 28.0. The predicted molar refractivity (Wildman–Crippen MR) is 152 cm³/mol. The van der Waals surface area contributed by atoms with E-state index in [0.717, 1.165) is 25.7 Å². The number of hydrogen-bond acceptors (Lipinski definition) is 6. The fourth-order valence-corrected chi connectivity index (χ4v) is 9.19. The molecule has 12 heteroatoms. The number of nitrogens with one attached hydrogen (secondary N) is 1. The molecule has 1 aliphatic rings. The van der Waals surface area contributed by atoms with Crippen molar-refractivity contribution in [3.8, 4) is 0 Å². The van der Waals surface area contributed by atoms with Crippen LogP contribution in [-0.2, 0) is 28.9 Å². The normalized spacial score (nSPS) is 18.1. The Balaban J connectivity index is 2.28. The summed E-state index contributed by atoms with van der Waals surface area (Å²) in [5.74, 6) is -0.628. The molecule has 3 rings (SSSR count). The number of unbranched alkanes of at least 4 members (excludes halogenated alkanes) is 4. The third kappa shape index (κ3) is 6.39. The van der Waals surface area contributed by atoms with E-state index in [1.54, 1.807) is 12.1 Å². The van der Waals surface area contributed by atoms with Crippen molar-refractivity contribution in [1.82, 2.24) is 4.72 Å². The van der Waals surface area contributed by atoms with Crippen molar-refractivity contribution in [2.45, 2.75) is 62.5 Å². The van der Waals surface area contributed by atoms with Gasteiger partial charge in [-0.05, 0) is 37.1 Å². The van der Waals surface area contributed by atoms with Crippen LogP contribution < -0.4 is 4.72 Å². The molecule has 0 bridgehead atoms. The quantitative estimate of drug-likeness (QED) is 0.170. The zero-order valence-electron chi connectivity index (χ0n) is 21.2. The Hall–Kier alpha value is -1.22. The van der Waals surface area contributed by atoms with Crippen molar-refractivity contribution in [1.29, 1.82) is 0 Å². The minimum absolute atomic E-state index is 0.0151. The van der Waals surface area contributed by atoms with Gasteiger partial charge in [0.15, 0.2) is 5.28 Å². The highest BCUT2D eigenvalue weighted by molar-refractivity contribution is 7.90. The molecule has 0 heterocycles. The molecule has 1 aliphatic carbocycles. The zero-order valence-corrected chi connectivity index (χ0v) is 25.2. The molecule has 208 valence electrons. The van der Waals surface area contributed by atoms with Crippen molar-refractivity contribution in [3.05, 3.63) is 74.7 Å². The van der Waals surface area contributed by atoms with Crippen LogP contribution in [0.5, 0.6) is 0 Å². The number of benzene rings is 2. The largest absolute Gasteiger partial charge is 0.361 e. The number of allylic oxidation sites excluding steroid dienone is 1. The average Bonchev–Trinajstić information content (AvgIpc) is 2.90. The Morgan fingerprint density at radius 1 is 0.868 bits per heavy atom. The maximum absolute atomic E-state index is 14.9. The summed E-state index contributed by atoms with van der Waals surface area (Å²) in [6.07, 6.45) is 4.44. The van der Waals surface area contributed by atoms with Gasteiger partial charge in [-0.15, -0.1) is 0 Å². The standard InChI is InChI=1S/C26H31Cl3NO6PS/c1-3-5-9-17-35-37(32,36-18-10-6-4-2)26(30-38(33,34)20-15-13-19(27)14-16-20)22-12-8-7-11-21(22)24(31)23(28)25(26)29/h7-8,11-16,30H,3-6,9-10,17-18H2,1-2H3. The lowest BCUT2D eigenvalue weighted by molar-refractivity contribution is 0.103. The average molecular weight is 623 g/mol. The Labute approximate surface area is 239 Å². The summed E-state index contributed by atoms with van der Waals surface area (Å²) < 4.78 is 56.9. The van der Waals surface area contributed by atoms with E-state index in [9.17, 15) is 17.8 Å². The Bertz CT molecular complexity index is 1320. The van der Waals surface area contributed by atoms with Gasteiger partial charge in [-0.1, -0.05) is 98.6 Å². The van der Waals surface area contributed by atoms with E-state index < -0.39 is 38.7 Å². The molecule has 0 aliphatic heterocycles. The lowest BCUT2D eigenvalue weighted by atomic mass is 9.91. The molecule has 0 spiro atoms. The topological polar surface area (TPSA) is 98.8 Å². The number of fused-ring (bicyclic) bond motifs is 1. The SMILES string of the molecule is CCCCCOP(=O)(OCCCCC)C1(NS(=O)(=O)c2ccc(Cl)cc2)C(Cl)=C(Cl)C(=O)c2ccccc21. The van der Waals surface area contributed by atoms with Crippen LogP contribution in [0.2, 0.25) is 5.02 Å². The number of sulfonamides is 1. The fourth-order valence-electron chi connectivity index (χ4n) is 4.09. The number of hydrogen-bond donors (Lipinski definition) is 1. The van der Waals surface area contributed by atoms with Gasteiger partial charge in [0.2, 0.25) is 15.8 Å². The van der Waals surface area contributed by atoms with Gasteiger partial charge in [0.05, 0.1) is 23.1 Å². The number of rotatable bonds is 14. The molecule has 0 fully saturated rings. The van der Waals surface area contributed by atoms with E-state index in [1.807, 2.05) is 13.8 Å². The van der Waals surface area contributed by atoms with Gasteiger partial charge in [0.25, 0.3) is 0 Å². The van der Waals surface area contributed by atoms with Crippen LogP contribution in [0.15, 0.2) is 63.5 Å². The molecule has 1 atom stereocenters. The number of carbonyl (C=O) groups excluding carboxylic acids is 1. The van der Waals surface area contributed by atoms with Gasteiger partial charge in [0, 0.05) is 16.1 Å². The number of halogens is 3. The van der Waals surface area contributed by atoms with Crippen molar-refractivity contribution >= 4 is 58.2 Å². The molecule has 0 saturated heterocycles. The molecule has 0 amide bonds. The number of carbonyl (C=O) groups is 1. The van der Waals surface area contributed by atoms with Crippen LogP contribution in [0.1, 0.15) is 68.3 Å². The summed E-state index contributed by atoms with van der Waals surface area (Å²) in [6, 6.07) is 11.5. The van der Waals surface area contributed by atoms with Crippen molar-refractivity contribution in [2.24, 2.45) is 0 Å². The Morgan fingerprint density at radius 2 is 1.42 bits per heavy atom. The molecule has 1 N–H and O–H groups in total. The van der Waals surface area contributed by atoms with Gasteiger partial charge >= 0.3 is 7.60 Å². The second kappa shape index (κ2) is 13.4. The summed E-state index contributed by atoms with van der Waals surface area (Å²) in [4.78, 5) is 12.9. The Kier molecular flexibility index (Phi) is 11.1. The summed E-state index contributed by atoms with van der Waals surface area (Å²) >= 11 is 19.1. The summed E-state index contributed by atoms with van der Waals surface area (Å²) in [5.41, 5.74) is 0.0708. The van der Waals surface area contributed by atoms with Crippen molar-refractivity contribution < 1.29 is 26.8 Å². The first-order valence-corrected chi connectivity index (χ1v) is 16.6. The van der Waals surface area contributed by atoms with Crippen LogP contribution >= 0.6 is 42.4 Å². The molecular weight excluding hydrogens is 592 g/mol. The van der Waals surface area contributed by atoms with E-state index in [0.29, 0.717) is 17.9 Å². The van der Waals surface area contributed by atoms with Gasteiger partial charge in [-0.25, -0.2) is 8.42 Å². The highest BCUT2D eigenvalue weighted by atomic mass is 35.5. The summed E-state index contributed by atoms with van der Waals surface area (Å²) in [5, 5.41) is -2.93. The second-order valence-corrected chi connectivity index (χ2v) is 13.9. The first-order chi connectivity index (χ1) is 18.0. The maximum Gasteiger partial charge on any atom is 0.361 e. The molecule has 0 aromatic heterocycles. The van der Waals surface area contributed by atoms with Crippen LogP contribution in [0.25, 0.3) is 0 Å². The lowest BCUT2D eigenvalue weighted by Crippen LogP contribution is -2.50. The first kappa shape index (κ1) is 31.3. The van der Waals surface area contributed by atoms with Crippen LogP contribution in [0, 0.1) is 0 Å². The third-order valence-electron chi connectivity index (χ3n) is 6.11. The third-order valence-corrected chi connectivity index (χ3v) is 11.5. The van der Waals surface area contributed by atoms with Gasteiger partial charge < -0.3 is 9.05 Å².